The lowest BCUT2D eigenvalue weighted by atomic mass is 10.1. The van der Waals surface area contributed by atoms with Crippen LogP contribution < -0.4 is 4.72 Å². The van der Waals surface area contributed by atoms with Crippen molar-refractivity contribution in [3.63, 3.8) is 0 Å². The van der Waals surface area contributed by atoms with Crippen LogP contribution in [-0.4, -0.2) is 28.2 Å². The first-order valence-electron chi connectivity index (χ1n) is 6.25. The molecule has 19 heavy (non-hydrogen) atoms. The Labute approximate surface area is 114 Å². The summed E-state index contributed by atoms with van der Waals surface area (Å²) in [5.74, 6) is -0.203. The van der Waals surface area contributed by atoms with Gasteiger partial charge in [0, 0.05) is 13.2 Å². The van der Waals surface area contributed by atoms with E-state index in [2.05, 4.69) is 18.6 Å². The third-order valence-corrected chi connectivity index (χ3v) is 4.00. The zero-order valence-corrected chi connectivity index (χ0v) is 12.0. The Morgan fingerprint density at radius 3 is 2.58 bits per heavy atom. The van der Waals surface area contributed by atoms with Gasteiger partial charge < -0.3 is 4.74 Å². The lowest BCUT2D eigenvalue weighted by Gasteiger charge is -2.09. The van der Waals surface area contributed by atoms with Crippen molar-refractivity contribution in [1.82, 2.24) is 4.72 Å². The summed E-state index contributed by atoms with van der Waals surface area (Å²) in [5, 5.41) is 0. The summed E-state index contributed by atoms with van der Waals surface area (Å²) in [5.41, 5.74) is 0. The molecule has 4 nitrogen and oxygen atoms in total. The molecule has 0 aliphatic rings. The summed E-state index contributed by atoms with van der Waals surface area (Å²) in [7, 11) is -3.80. The van der Waals surface area contributed by atoms with E-state index in [9.17, 15) is 12.8 Å². The summed E-state index contributed by atoms with van der Waals surface area (Å²) >= 11 is 0. The zero-order chi connectivity index (χ0) is 14.3. The molecule has 0 fully saturated rings. The molecule has 0 aromatic heterocycles. The smallest absolute Gasteiger partial charge is 0.243 e. The number of benzene rings is 1. The fourth-order valence-corrected chi connectivity index (χ4v) is 2.50. The molecule has 0 saturated carbocycles. The van der Waals surface area contributed by atoms with E-state index in [0.29, 0.717) is 12.5 Å². The average molecular weight is 289 g/mol. The quantitative estimate of drug-likeness (QED) is 0.746. The van der Waals surface area contributed by atoms with Crippen LogP contribution in [0.4, 0.5) is 4.39 Å². The van der Waals surface area contributed by atoms with Crippen molar-refractivity contribution in [3.05, 3.63) is 30.1 Å². The fourth-order valence-electron chi connectivity index (χ4n) is 1.41. The SMILES string of the molecule is CC(C)CCOCCNS(=O)(=O)c1ccccc1F. The molecule has 0 aliphatic heterocycles. The van der Waals surface area contributed by atoms with E-state index in [0.717, 1.165) is 12.5 Å². The molecule has 0 spiro atoms. The standard InChI is InChI=1S/C13H20FNO3S/c1-11(2)7-9-18-10-8-15-19(16,17)13-6-4-3-5-12(13)14/h3-6,11,15H,7-10H2,1-2H3. The topological polar surface area (TPSA) is 55.4 Å². The monoisotopic (exact) mass is 289 g/mol. The molecule has 0 atom stereocenters. The average Bonchev–Trinajstić information content (AvgIpc) is 2.33. The van der Waals surface area contributed by atoms with Gasteiger partial charge in [0.2, 0.25) is 10.0 Å². The van der Waals surface area contributed by atoms with Crippen molar-refractivity contribution in [2.24, 2.45) is 5.92 Å². The number of hydrogen-bond donors (Lipinski definition) is 1. The third kappa shape index (κ3) is 5.67. The molecular weight excluding hydrogens is 269 g/mol. The van der Waals surface area contributed by atoms with E-state index >= 15 is 0 Å². The molecule has 0 amide bonds. The van der Waals surface area contributed by atoms with Gasteiger partial charge in [-0.3, -0.25) is 0 Å². The first-order chi connectivity index (χ1) is 8.93. The second-order valence-electron chi connectivity index (χ2n) is 4.62. The van der Waals surface area contributed by atoms with Crippen molar-refractivity contribution in [1.29, 1.82) is 0 Å². The maximum absolute atomic E-state index is 13.4. The molecule has 1 rings (SSSR count). The number of ether oxygens (including phenoxy) is 1. The Hall–Kier alpha value is -0.980. The largest absolute Gasteiger partial charge is 0.380 e. The summed E-state index contributed by atoms with van der Waals surface area (Å²) in [6, 6.07) is 5.28. The molecule has 6 heteroatoms. The molecular formula is C13H20FNO3S. The molecule has 0 heterocycles. The zero-order valence-electron chi connectivity index (χ0n) is 11.2. The van der Waals surface area contributed by atoms with E-state index in [1.165, 1.54) is 18.2 Å². The van der Waals surface area contributed by atoms with Gasteiger partial charge in [-0.05, 0) is 24.5 Å². The van der Waals surface area contributed by atoms with E-state index in [1.54, 1.807) is 0 Å². The van der Waals surface area contributed by atoms with Crippen LogP contribution >= 0.6 is 0 Å². The van der Waals surface area contributed by atoms with Gasteiger partial charge in [-0.25, -0.2) is 17.5 Å². The number of nitrogens with one attached hydrogen (secondary N) is 1. The summed E-state index contributed by atoms with van der Waals surface area (Å²) in [6.45, 7) is 5.18. The molecule has 0 radical (unpaired) electrons. The predicted octanol–water partition coefficient (Wildman–Crippen LogP) is 2.17. The minimum atomic E-state index is -3.80. The molecule has 1 N–H and O–H groups in total. The number of hydrogen-bond acceptors (Lipinski definition) is 3. The van der Waals surface area contributed by atoms with Crippen LogP contribution in [0.2, 0.25) is 0 Å². The molecule has 0 saturated heterocycles. The van der Waals surface area contributed by atoms with Gasteiger partial charge in [-0.15, -0.1) is 0 Å². The van der Waals surface area contributed by atoms with Crippen LogP contribution in [0.3, 0.4) is 0 Å². The Morgan fingerprint density at radius 2 is 1.95 bits per heavy atom. The van der Waals surface area contributed by atoms with Crippen molar-refractivity contribution >= 4 is 10.0 Å². The first-order valence-corrected chi connectivity index (χ1v) is 7.73. The van der Waals surface area contributed by atoms with Gasteiger partial charge in [0.25, 0.3) is 0 Å². The number of rotatable bonds is 8. The van der Waals surface area contributed by atoms with Crippen LogP contribution in [0.5, 0.6) is 0 Å². The van der Waals surface area contributed by atoms with E-state index < -0.39 is 15.8 Å². The van der Waals surface area contributed by atoms with Crippen LogP contribution in [0.15, 0.2) is 29.2 Å². The minimum Gasteiger partial charge on any atom is -0.380 e. The highest BCUT2D eigenvalue weighted by atomic mass is 32.2. The van der Waals surface area contributed by atoms with Crippen LogP contribution in [0, 0.1) is 11.7 Å². The van der Waals surface area contributed by atoms with Crippen LogP contribution in [0.25, 0.3) is 0 Å². The van der Waals surface area contributed by atoms with Gasteiger partial charge in [0.1, 0.15) is 10.7 Å². The Balaban J connectivity index is 2.38. The van der Waals surface area contributed by atoms with Gasteiger partial charge in [-0.1, -0.05) is 26.0 Å². The normalized spacial score (nSPS) is 12.0. The van der Waals surface area contributed by atoms with Crippen molar-refractivity contribution in [3.8, 4) is 0 Å². The van der Waals surface area contributed by atoms with Crippen LogP contribution in [-0.2, 0) is 14.8 Å². The second kappa shape index (κ2) is 7.57. The van der Waals surface area contributed by atoms with E-state index in [4.69, 9.17) is 4.74 Å². The first kappa shape index (κ1) is 16.1. The predicted molar refractivity (Wildman–Crippen MR) is 71.9 cm³/mol. The van der Waals surface area contributed by atoms with Gasteiger partial charge in [0.15, 0.2) is 0 Å². The van der Waals surface area contributed by atoms with Crippen LogP contribution in [0.1, 0.15) is 20.3 Å². The van der Waals surface area contributed by atoms with Gasteiger partial charge in [-0.2, -0.15) is 0 Å². The second-order valence-corrected chi connectivity index (χ2v) is 6.36. The highest BCUT2D eigenvalue weighted by Crippen LogP contribution is 2.12. The number of sulfonamides is 1. The third-order valence-electron chi connectivity index (χ3n) is 2.50. The highest BCUT2D eigenvalue weighted by Gasteiger charge is 2.17. The van der Waals surface area contributed by atoms with Crippen molar-refractivity contribution in [2.45, 2.75) is 25.2 Å². The maximum Gasteiger partial charge on any atom is 0.243 e. The summed E-state index contributed by atoms with van der Waals surface area (Å²) < 4.78 is 44.5. The highest BCUT2D eigenvalue weighted by molar-refractivity contribution is 7.89. The fraction of sp³-hybridized carbons (Fsp3) is 0.538. The molecule has 0 unspecified atom stereocenters. The van der Waals surface area contributed by atoms with Gasteiger partial charge >= 0.3 is 0 Å². The summed E-state index contributed by atoms with van der Waals surface area (Å²) in [6.07, 6.45) is 0.931. The lowest BCUT2D eigenvalue weighted by Crippen LogP contribution is -2.28. The van der Waals surface area contributed by atoms with Gasteiger partial charge in [0.05, 0.1) is 6.61 Å². The maximum atomic E-state index is 13.4. The minimum absolute atomic E-state index is 0.134. The summed E-state index contributed by atoms with van der Waals surface area (Å²) in [4.78, 5) is -0.336. The van der Waals surface area contributed by atoms with E-state index in [1.807, 2.05) is 0 Å². The Morgan fingerprint density at radius 1 is 1.26 bits per heavy atom. The van der Waals surface area contributed by atoms with Crippen molar-refractivity contribution < 1.29 is 17.5 Å². The van der Waals surface area contributed by atoms with E-state index in [-0.39, 0.29) is 18.0 Å². The molecule has 0 bridgehead atoms. The number of halogens is 1. The molecule has 0 aliphatic carbocycles. The Kier molecular flexibility index (Phi) is 6.41. The molecule has 1 aromatic rings. The van der Waals surface area contributed by atoms with Crippen molar-refractivity contribution in [2.75, 3.05) is 19.8 Å². The molecule has 108 valence electrons. The Bertz CT molecular complexity index is 488. The molecule has 1 aromatic carbocycles. The lowest BCUT2D eigenvalue weighted by molar-refractivity contribution is 0.128.